The average Bonchev–Trinajstić information content (AvgIpc) is 2.27. The Hall–Kier alpha value is -0.880. The van der Waals surface area contributed by atoms with Gasteiger partial charge in [-0.1, -0.05) is 15.9 Å². The van der Waals surface area contributed by atoms with Gasteiger partial charge in [-0.25, -0.2) is 8.42 Å². The van der Waals surface area contributed by atoms with Crippen LogP contribution in [0.3, 0.4) is 0 Å². The van der Waals surface area contributed by atoms with Crippen LogP contribution in [0.15, 0.2) is 33.6 Å². The first-order valence-electron chi connectivity index (χ1n) is 4.97. The highest BCUT2D eigenvalue weighted by Crippen LogP contribution is 2.19. The van der Waals surface area contributed by atoms with E-state index in [2.05, 4.69) is 15.9 Å². The molecular weight excluding hydrogens is 306 g/mol. The summed E-state index contributed by atoms with van der Waals surface area (Å²) in [6, 6.07) is 6.25. The molecule has 0 fully saturated rings. The lowest BCUT2D eigenvalue weighted by molar-refractivity contribution is -0.127. The molecule has 0 aliphatic heterocycles. The van der Waals surface area contributed by atoms with E-state index in [0.29, 0.717) is 0 Å². The zero-order valence-electron chi connectivity index (χ0n) is 9.84. The smallest absolute Gasteiger partial charge is 0.240 e. The van der Waals surface area contributed by atoms with Crippen molar-refractivity contribution in [3.05, 3.63) is 28.7 Å². The van der Waals surface area contributed by atoms with E-state index in [1.807, 2.05) is 0 Å². The fourth-order valence-electron chi connectivity index (χ4n) is 1.32. The molecule has 1 aromatic rings. The zero-order chi connectivity index (χ0) is 13.2. The van der Waals surface area contributed by atoms with Gasteiger partial charge in [-0.2, -0.15) is 0 Å². The van der Waals surface area contributed by atoms with Gasteiger partial charge in [-0.3, -0.25) is 4.79 Å². The Kier molecular flexibility index (Phi) is 4.32. The molecule has 94 valence electrons. The first-order chi connectivity index (χ1) is 7.76. The van der Waals surface area contributed by atoms with E-state index in [9.17, 15) is 13.2 Å². The fraction of sp³-hybridized carbons (Fsp3) is 0.364. The Balaban J connectivity index is 3.11. The molecule has 0 N–H and O–H groups in total. The maximum absolute atomic E-state index is 12.1. The van der Waals surface area contributed by atoms with E-state index in [4.69, 9.17) is 0 Å². The number of carbonyl (C=O) groups is 1. The molecule has 1 amide bonds. The third kappa shape index (κ3) is 3.07. The molecule has 0 spiro atoms. The second-order valence-corrected chi connectivity index (χ2v) is 7.06. The van der Waals surface area contributed by atoms with Crippen LogP contribution in [0.4, 0.5) is 0 Å². The molecule has 6 heteroatoms. The minimum absolute atomic E-state index is 0.156. The van der Waals surface area contributed by atoms with Crippen LogP contribution in [0, 0.1) is 0 Å². The van der Waals surface area contributed by atoms with Crippen LogP contribution < -0.4 is 0 Å². The number of sulfone groups is 1. The number of amides is 1. The van der Waals surface area contributed by atoms with Gasteiger partial charge in [0.2, 0.25) is 5.91 Å². The second-order valence-electron chi connectivity index (χ2n) is 3.87. The fourth-order valence-corrected chi connectivity index (χ4v) is 2.99. The van der Waals surface area contributed by atoms with E-state index in [0.717, 1.165) is 4.47 Å². The highest BCUT2D eigenvalue weighted by molar-refractivity contribution is 9.10. The topological polar surface area (TPSA) is 54.5 Å². The molecule has 1 rings (SSSR count). The van der Waals surface area contributed by atoms with Crippen LogP contribution in [0.25, 0.3) is 0 Å². The minimum atomic E-state index is -3.61. The highest BCUT2D eigenvalue weighted by Gasteiger charge is 2.30. The molecule has 4 nitrogen and oxygen atoms in total. The standard InChI is InChI=1S/C11H14BrNO3S/c1-8(11(14)13(2)3)17(15,16)10-6-4-9(12)5-7-10/h4-8H,1-3H3. The Morgan fingerprint density at radius 3 is 2.12 bits per heavy atom. The van der Waals surface area contributed by atoms with E-state index in [1.165, 1.54) is 38.1 Å². The number of hydrogen-bond acceptors (Lipinski definition) is 3. The van der Waals surface area contributed by atoms with Gasteiger partial charge in [0.25, 0.3) is 0 Å². The summed E-state index contributed by atoms with van der Waals surface area (Å²) in [6.07, 6.45) is 0. The first-order valence-corrected chi connectivity index (χ1v) is 7.31. The summed E-state index contributed by atoms with van der Waals surface area (Å²) in [7, 11) is -0.537. The average molecular weight is 320 g/mol. The van der Waals surface area contributed by atoms with Crippen molar-refractivity contribution in [3.8, 4) is 0 Å². The SMILES string of the molecule is CC(C(=O)N(C)C)S(=O)(=O)c1ccc(Br)cc1. The van der Waals surface area contributed by atoms with Gasteiger partial charge in [0.05, 0.1) is 4.90 Å². The van der Waals surface area contributed by atoms with Crippen molar-refractivity contribution in [3.63, 3.8) is 0 Å². The second kappa shape index (κ2) is 5.18. The molecule has 0 aromatic heterocycles. The van der Waals surface area contributed by atoms with E-state index in [-0.39, 0.29) is 4.90 Å². The zero-order valence-corrected chi connectivity index (χ0v) is 12.2. The first kappa shape index (κ1) is 14.2. The van der Waals surface area contributed by atoms with Gasteiger partial charge in [0, 0.05) is 18.6 Å². The molecule has 0 aliphatic carbocycles. The van der Waals surface area contributed by atoms with Crippen molar-refractivity contribution in [2.45, 2.75) is 17.1 Å². The van der Waals surface area contributed by atoms with Crippen molar-refractivity contribution in [1.29, 1.82) is 0 Å². The van der Waals surface area contributed by atoms with E-state index >= 15 is 0 Å². The van der Waals surface area contributed by atoms with Gasteiger partial charge in [0.15, 0.2) is 9.84 Å². The summed E-state index contributed by atoms with van der Waals surface area (Å²) in [4.78, 5) is 13.1. The lowest BCUT2D eigenvalue weighted by Gasteiger charge is -2.17. The predicted octanol–water partition coefficient (Wildman–Crippen LogP) is 1.70. The van der Waals surface area contributed by atoms with Crippen molar-refractivity contribution < 1.29 is 13.2 Å². The molecule has 1 atom stereocenters. The van der Waals surface area contributed by atoms with Crippen LogP contribution in [-0.2, 0) is 14.6 Å². The summed E-state index contributed by atoms with van der Waals surface area (Å²) >= 11 is 3.23. The molecule has 0 bridgehead atoms. The largest absolute Gasteiger partial charge is 0.348 e. The summed E-state index contributed by atoms with van der Waals surface area (Å²) in [6.45, 7) is 1.40. The molecular formula is C11H14BrNO3S. The van der Waals surface area contributed by atoms with Crippen molar-refractivity contribution in [2.75, 3.05) is 14.1 Å². The summed E-state index contributed by atoms with van der Waals surface area (Å²) < 4.78 is 25.0. The third-order valence-electron chi connectivity index (χ3n) is 2.40. The number of halogens is 1. The minimum Gasteiger partial charge on any atom is -0.348 e. The van der Waals surface area contributed by atoms with Crippen molar-refractivity contribution in [1.82, 2.24) is 4.90 Å². The van der Waals surface area contributed by atoms with Gasteiger partial charge >= 0.3 is 0 Å². The molecule has 17 heavy (non-hydrogen) atoms. The van der Waals surface area contributed by atoms with Crippen molar-refractivity contribution >= 4 is 31.7 Å². The maximum atomic E-state index is 12.1. The van der Waals surface area contributed by atoms with Gasteiger partial charge < -0.3 is 4.90 Å². The number of hydrogen-bond donors (Lipinski definition) is 0. The van der Waals surface area contributed by atoms with Crippen LogP contribution in [0.5, 0.6) is 0 Å². The highest BCUT2D eigenvalue weighted by atomic mass is 79.9. The van der Waals surface area contributed by atoms with E-state index in [1.54, 1.807) is 12.1 Å². The molecule has 0 radical (unpaired) electrons. The summed E-state index contributed by atoms with van der Waals surface area (Å²) in [5.41, 5.74) is 0. The summed E-state index contributed by atoms with van der Waals surface area (Å²) in [5.74, 6) is -0.423. The lowest BCUT2D eigenvalue weighted by Crippen LogP contribution is -2.37. The monoisotopic (exact) mass is 319 g/mol. The summed E-state index contributed by atoms with van der Waals surface area (Å²) in [5, 5.41) is -1.07. The normalized spacial score (nSPS) is 13.2. The quantitative estimate of drug-likeness (QED) is 0.852. The van der Waals surface area contributed by atoms with Gasteiger partial charge in [-0.15, -0.1) is 0 Å². The number of rotatable bonds is 3. The Morgan fingerprint density at radius 1 is 1.24 bits per heavy atom. The molecule has 0 saturated carbocycles. The van der Waals surface area contributed by atoms with Crippen LogP contribution in [-0.4, -0.2) is 38.6 Å². The van der Waals surface area contributed by atoms with E-state index < -0.39 is 21.0 Å². The Morgan fingerprint density at radius 2 is 1.71 bits per heavy atom. The lowest BCUT2D eigenvalue weighted by atomic mass is 10.4. The number of nitrogens with zero attached hydrogens (tertiary/aromatic N) is 1. The maximum Gasteiger partial charge on any atom is 0.240 e. The molecule has 0 saturated heterocycles. The molecule has 0 heterocycles. The van der Waals surface area contributed by atoms with Gasteiger partial charge in [-0.05, 0) is 31.2 Å². The molecule has 1 aromatic carbocycles. The van der Waals surface area contributed by atoms with Gasteiger partial charge in [0.1, 0.15) is 5.25 Å². The third-order valence-corrected chi connectivity index (χ3v) is 4.99. The molecule has 1 unspecified atom stereocenters. The van der Waals surface area contributed by atoms with Crippen LogP contribution >= 0.6 is 15.9 Å². The Labute approximate surface area is 110 Å². The molecule has 0 aliphatic rings. The predicted molar refractivity (Wildman–Crippen MR) is 69.5 cm³/mol. The number of benzene rings is 1. The van der Waals surface area contributed by atoms with Crippen LogP contribution in [0.1, 0.15) is 6.92 Å². The number of carbonyl (C=O) groups excluding carboxylic acids is 1. The Bertz CT molecular complexity index is 508. The van der Waals surface area contributed by atoms with Crippen molar-refractivity contribution in [2.24, 2.45) is 0 Å². The van der Waals surface area contributed by atoms with Crippen LogP contribution in [0.2, 0.25) is 0 Å².